The van der Waals surface area contributed by atoms with Crippen molar-refractivity contribution in [1.29, 1.82) is 0 Å². The first-order chi connectivity index (χ1) is 16.6. The number of carbonyl (C=O) groups excluding carboxylic acids is 1. The summed E-state index contributed by atoms with van der Waals surface area (Å²) in [7, 11) is -3.74. The zero-order chi connectivity index (χ0) is 25.4. The lowest BCUT2D eigenvalue weighted by molar-refractivity contribution is -0.137. The topological polar surface area (TPSA) is 60.9 Å². The molecule has 4 rings (SSSR count). The lowest BCUT2D eigenvalue weighted by Gasteiger charge is -2.39. The molecule has 2 aliphatic heterocycles. The molecule has 0 bridgehead atoms. The SMILES string of the molecule is C=CC(N1CCN(c2ccc(C(F)(F)F)cc2)CC1)S(=O)(=O)c1ccc2c(c1)CCN2C(C)C=O. The quantitative estimate of drug-likeness (QED) is 0.420. The van der Waals surface area contributed by atoms with Crippen LogP contribution in [0.4, 0.5) is 24.5 Å². The molecule has 1 fully saturated rings. The number of alkyl halides is 3. The average Bonchev–Trinajstić information content (AvgIpc) is 3.27. The number of anilines is 2. The Balaban J connectivity index is 1.47. The van der Waals surface area contributed by atoms with Gasteiger partial charge < -0.3 is 14.6 Å². The number of carbonyl (C=O) groups is 1. The minimum absolute atomic E-state index is 0.215. The highest BCUT2D eigenvalue weighted by Crippen LogP contribution is 2.34. The molecule has 188 valence electrons. The van der Waals surface area contributed by atoms with Crippen molar-refractivity contribution in [2.75, 3.05) is 42.5 Å². The van der Waals surface area contributed by atoms with Crippen molar-refractivity contribution < 1.29 is 26.4 Å². The van der Waals surface area contributed by atoms with Crippen molar-refractivity contribution in [3.8, 4) is 0 Å². The largest absolute Gasteiger partial charge is 0.416 e. The van der Waals surface area contributed by atoms with E-state index in [0.29, 0.717) is 44.8 Å². The summed E-state index contributed by atoms with van der Waals surface area (Å²) in [5.41, 5.74) is 1.75. The molecule has 35 heavy (non-hydrogen) atoms. The van der Waals surface area contributed by atoms with Gasteiger partial charge in [-0.25, -0.2) is 8.42 Å². The molecule has 0 aliphatic carbocycles. The molecule has 2 unspecified atom stereocenters. The molecule has 6 nitrogen and oxygen atoms in total. The molecule has 0 amide bonds. The van der Waals surface area contributed by atoms with Crippen molar-refractivity contribution in [3.05, 3.63) is 66.2 Å². The molecule has 2 aliphatic rings. The Morgan fingerprint density at radius 3 is 2.23 bits per heavy atom. The molecule has 0 radical (unpaired) electrons. The highest BCUT2D eigenvalue weighted by molar-refractivity contribution is 7.92. The van der Waals surface area contributed by atoms with Gasteiger partial charge in [0, 0.05) is 44.1 Å². The van der Waals surface area contributed by atoms with Gasteiger partial charge in [-0.15, -0.1) is 6.58 Å². The zero-order valence-corrected chi connectivity index (χ0v) is 20.2. The molecular formula is C25H28F3N3O3S. The maximum Gasteiger partial charge on any atom is 0.416 e. The Morgan fingerprint density at radius 2 is 1.66 bits per heavy atom. The molecule has 0 N–H and O–H groups in total. The summed E-state index contributed by atoms with van der Waals surface area (Å²) in [5.74, 6) is 0. The van der Waals surface area contributed by atoms with Crippen LogP contribution >= 0.6 is 0 Å². The number of hydrogen-bond acceptors (Lipinski definition) is 6. The monoisotopic (exact) mass is 507 g/mol. The first kappa shape index (κ1) is 25.2. The third kappa shape index (κ3) is 4.95. The lowest BCUT2D eigenvalue weighted by Crippen LogP contribution is -2.52. The van der Waals surface area contributed by atoms with Crippen LogP contribution in [0.25, 0.3) is 0 Å². The van der Waals surface area contributed by atoms with Gasteiger partial charge in [-0.05, 0) is 61.4 Å². The van der Waals surface area contributed by atoms with E-state index in [0.717, 1.165) is 29.7 Å². The number of aldehydes is 1. The van der Waals surface area contributed by atoms with Crippen molar-refractivity contribution >= 4 is 27.5 Å². The summed E-state index contributed by atoms with van der Waals surface area (Å²) in [6, 6.07) is 9.76. The molecule has 0 aromatic heterocycles. The van der Waals surface area contributed by atoms with Crippen molar-refractivity contribution in [3.63, 3.8) is 0 Å². The number of nitrogens with zero attached hydrogens (tertiary/aromatic N) is 3. The Bertz CT molecular complexity index is 1190. The maximum atomic E-state index is 13.5. The minimum atomic E-state index is -4.38. The van der Waals surface area contributed by atoms with Crippen LogP contribution in [0, 0.1) is 0 Å². The second kappa shape index (κ2) is 9.66. The number of sulfone groups is 1. The average molecular weight is 508 g/mol. The molecule has 1 saturated heterocycles. The predicted molar refractivity (Wildman–Crippen MR) is 129 cm³/mol. The van der Waals surface area contributed by atoms with E-state index in [9.17, 15) is 26.4 Å². The van der Waals surface area contributed by atoms with E-state index in [4.69, 9.17) is 0 Å². The molecule has 0 saturated carbocycles. The van der Waals surface area contributed by atoms with Crippen LogP contribution in [0.2, 0.25) is 0 Å². The van der Waals surface area contributed by atoms with Crippen LogP contribution in [0.3, 0.4) is 0 Å². The molecule has 2 aromatic rings. The zero-order valence-electron chi connectivity index (χ0n) is 19.4. The fourth-order valence-corrected chi connectivity index (χ4v) is 6.48. The summed E-state index contributed by atoms with van der Waals surface area (Å²) in [4.78, 5) is 17.2. The molecule has 2 aromatic carbocycles. The second-order valence-electron chi connectivity index (χ2n) is 8.85. The van der Waals surface area contributed by atoms with Crippen LogP contribution < -0.4 is 9.80 Å². The van der Waals surface area contributed by atoms with Crippen molar-refractivity contribution in [1.82, 2.24) is 4.90 Å². The van der Waals surface area contributed by atoms with Crippen LogP contribution in [0.5, 0.6) is 0 Å². The van der Waals surface area contributed by atoms with E-state index in [1.807, 2.05) is 21.6 Å². The smallest absolute Gasteiger partial charge is 0.369 e. The maximum absolute atomic E-state index is 13.5. The third-order valence-corrected chi connectivity index (χ3v) is 8.79. The van der Waals surface area contributed by atoms with E-state index >= 15 is 0 Å². The molecule has 2 heterocycles. The summed E-state index contributed by atoms with van der Waals surface area (Å²) < 4.78 is 65.5. The van der Waals surface area contributed by atoms with E-state index in [1.54, 1.807) is 18.2 Å². The van der Waals surface area contributed by atoms with Crippen LogP contribution in [0.1, 0.15) is 18.1 Å². The van der Waals surface area contributed by atoms with Crippen molar-refractivity contribution in [2.45, 2.75) is 35.8 Å². The molecule has 10 heteroatoms. The normalized spacial score (nSPS) is 18.7. The van der Waals surface area contributed by atoms with E-state index in [2.05, 4.69) is 6.58 Å². The van der Waals surface area contributed by atoms with Gasteiger partial charge in [0.2, 0.25) is 0 Å². The van der Waals surface area contributed by atoms with Gasteiger partial charge >= 0.3 is 6.18 Å². The molecule has 0 spiro atoms. The van der Waals surface area contributed by atoms with Crippen LogP contribution in [0.15, 0.2) is 60.0 Å². The molecular weight excluding hydrogens is 479 g/mol. The van der Waals surface area contributed by atoms with Gasteiger partial charge in [-0.1, -0.05) is 6.08 Å². The van der Waals surface area contributed by atoms with E-state index in [-0.39, 0.29) is 10.9 Å². The summed E-state index contributed by atoms with van der Waals surface area (Å²) >= 11 is 0. The Morgan fingerprint density at radius 1 is 1.00 bits per heavy atom. The highest BCUT2D eigenvalue weighted by atomic mass is 32.2. The minimum Gasteiger partial charge on any atom is -0.369 e. The number of hydrogen-bond donors (Lipinski definition) is 0. The first-order valence-corrected chi connectivity index (χ1v) is 13.0. The lowest BCUT2D eigenvalue weighted by atomic mass is 10.1. The predicted octanol–water partition coefficient (Wildman–Crippen LogP) is 3.76. The van der Waals surface area contributed by atoms with Crippen molar-refractivity contribution in [2.24, 2.45) is 0 Å². The Labute approximate surface area is 203 Å². The first-order valence-electron chi connectivity index (χ1n) is 11.4. The van der Waals surface area contributed by atoms with E-state index < -0.39 is 27.0 Å². The Hall–Kier alpha value is -2.85. The van der Waals surface area contributed by atoms with E-state index in [1.165, 1.54) is 18.2 Å². The number of rotatable bonds is 7. The van der Waals surface area contributed by atoms with Crippen LogP contribution in [-0.2, 0) is 27.2 Å². The highest BCUT2D eigenvalue weighted by Gasteiger charge is 2.35. The third-order valence-electron chi connectivity index (χ3n) is 6.75. The fraction of sp³-hybridized carbons (Fsp3) is 0.400. The second-order valence-corrected chi connectivity index (χ2v) is 10.9. The summed E-state index contributed by atoms with van der Waals surface area (Å²) in [6.45, 7) is 8.05. The standard InChI is InChI=1S/C25H28F3N3O3S/c1-3-24(30-14-12-29(13-15-30)21-6-4-20(5-7-21)25(26,27)28)35(33,34)22-8-9-23-19(16-22)10-11-31(23)18(2)17-32/h3-9,16-18,24H,1,10-15H2,2H3. The Kier molecular flexibility index (Phi) is 6.97. The fourth-order valence-electron chi connectivity index (χ4n) is 4.78. The number of piperazine rings is 1. The van der Waals surface area contributed by atoms with Crippen LogP contribution in [-0.4, -0.2) is 63.7 Å². The molecule has 2 atom stereocenters. The number of benzene rings is 2. The number of fused-ring (bicyclic) bond motifs is 1. The number of halogens is 3. The van der Waals surface area contributed by atoms with Gasteiger partial charge in [0.1, 0.15) is 11.7 Å². The van der Waals surface area contributed by atoms with Gasteiger partial charge in [0.05, 0.1) is 16.5 Å². The van der Waals surface area contributed by atoms with Gasteiger partial charge in [0.15, 0.2) is 9.84 Å². The van der Waals surface area contributed by atoms with Gasteiger partial charge in [-0.2, -0.15) is 13.2 Å². The van der Waals surface area contributed by atoms with Gasteiger partial charge in [-0.3, -0.25) is 4.90 Å². The summed E-state index contributed by atoms with van der Waals surface area (Å²) in [6.07, 6.45) is -1.41. The summed E-state index contributed by atoms with van der Waals surface area (Å²) in [5, 5.41) is -0.915. The van der Waals surface area contributed by atoms with Gasteiger partial charge in [0.25, 0.3) is 0 Å².